The number of rotatable bonds is 4. The molecule has 1 aromatic rings. The minimum atomic E-state index is -1.64. The van der Waals surface area contributed by atoms with Crippen LogP contribution in [-0.4, -0.2) is 35.7 Å². The van der Waals surface area contributed by atoms with E-state index in [2.05, 4.69) is 10.6 Å². The van der Waals surface area contributed by atoms with Crippen molar-refractivity contribution in [3.8, 4) is 5.75 Å². The van der Waals surface area contributed by atoms with E-state index in [0.717, 1.165) is 0 Å². The van der Waals surface area contributed by atoms with Crippen LogP contribution in [0.5, 0.6) is 5.75 Å². The van der Waals surface area contributed by atoms with Crippen molar-refractivity contribution in [3.63, 3.8) is 0 Å². The van der Waals surface area contributed by atoms with E-state index in [1.807, 2.05) is 0 Å². The molecular formula is C13H15ClN2O4. The molecule has 1 aromatic carbocycles. The van der Waals surface area contributed by atoms with Crippen LogP contribution in [0.25, 0.3) is 0 Å². The third-order valence-corrected chi connectivity index (χ3v) is 3.23. The lowest BCUT2D eigenvalue weighted by atomic mass is 10.0. The van der Waals surface area contributed by atoms with Crippen molar-refractivity contribution < 1.29 is 19.4 Å². The van der Waals surface area contributed by atoms with Crippen LogP contribution >= 0.6 is 11.6 Å². The molecule has 0 aromatic heterocycles. The lowest BCUT2D eigenvalue weighted by molar-refractivity contribution is -0.146. The molecular weight excluding hydrogens is 284 g/mol. The van der Waals surface area contributed by atoms with Crippen LogP contribution in [0, 0.1) is 0 Å². The van der Waals surface area contributed by atoms with Gasteiger partial charge < -0.3 is 20.5 Å². The van der Waals surface area contributed by atoms with Crippen LogP contribution in [0.4, 0.5) is 5.69 Å². The summed E-state index contributed by atoms with van der Waals surface area (Å²) in [6, 6.07) is 4.76. The van der Waals surface area contributed by atoms with E-state index in [4.69, 9.17) is 21.4 Å². The fourth-order valence-electron chi connectivity index (χ4n) is 1.80. The maximum Gasteiger partial charge on any atom is 0.278 e. The van der Waals surface area contributed by atoms with Crippen molar-refractivity contribution in [1.29, 1.82) is 0 Å². The number of nitrogens with one attached hydrogen (secondary N) is 2. The molecule has 6 nitrogen and oxygen atoms in total. The molecule has 3 N–H and O–H groups in total. The monoisotopic (exact) mass is 298 g/mol. The number of hydrogen-bond acceptors (Lipinski definition) is 4. The molecule has 20 heavy (non-hydrogen) atoms. The van der Waals surface area contributed by atoms with Crippen LogP contribution in [-0.2, 0) is 9.59 Å². The van der Waals surface area contributed by atoms with Crippen molar-refractivity contribution in [3.05, 3.63) is 23.2 Å². The van der Waals surface area contributed by atoms with E-state index in [1.165, 1.54) is 6.92 Å². The number of benzene rings is 1. The molecule has 1 aliphatic rings. The Labute approximate surface area is 121 Å². The Morgan fingerprint density at radius 1 is 1.55 bits per heavy atom. The number of ether oxygens (including phenoxy) is 1. The zero-order valence-corrected chi connectivity index (χ0v) is 11.7. The maximum absolute atomic E-state index is 12.1. The van der Waals surface area contributed by atoms with Crippen LogP contribution in [0.1, 0.15) is 13.3 Å². The lowest BCUT2D eigenvalue weighted by Gasteiger charge is -2.33. The highest BCUT2D eigenvalue weighted by Gasteiger charge is 2.47. The first-order valence-corrected chi connectivity index (χ1v) is 6.54. The van der Waals surface area contributed by atoms with Crippen LogP contribution in [0.15, 0.2) is 18.2 Å². The van der Waals surface area contributed by atoms with Gasteiger partial charge in [0.15, 0.2) is 0 Å². The summed E-state index contributed by atoms with van der Waals surface area (Å²) >= 11 is 5.83. The molecule has 7 heteroatoms. The quantitative estimate of drug-likeness (QED) is 0.570. The minimum absolute atomic E-state index is 0.0363. The summed E-state index contributed by atoms with van der Waals surface area (Å²) in [5.41, 5.74) is -1.21. The summed E-state index contributed by atoms with van der Waals surface area (Å²) < 4.78 is 5.53. The summed E-state index contributed by atoms with van der Waals surface area (Å²) in [5, 5.41) is 14.3. The number of carbonyl (C=O) groups excluding carboxylic acids is 2. The zero-order valence-electron chi connectivity index (χ0n) is 10.9. The van der Waals surface area contributed by atoms with Crippen LogP contribution in [0.2, 0.25) is 5.02 Å². The van der Waals surface area contributed by atoms with E-state index >= 15 is 0 Å². The molecule has 0 fully saturated rings. The minimum Gasteiger partial charge on any atom is -0.466 e. The van der Waals surface area contributed by atoms with Gasteiger partial charge in [0.1, 0.15) is 5.75 Å². The molecule has 1 heterocycles. The number of halogens is 1. The topological polar surface area (TPSA) is 87.7 Å². The summed E-state index contributed by atoms with van der Waals surface area (Å²) in [4.78, 5) is 24.2. The Bertz CT molecular complexity index is 549. The highest BCUT2D eigenvalue weighted by atomic mass is 35.5. The Morgan fingerprint density at radius 3 is 3.00 bits per heavy atom. The van der Waals surface area contributed by atoms with Gasteiger partial charge >= 0.3 is 0 Å². The molecule has 0 radical (unpaired) electrons. The average Bonchev–Trinajstić information content (AvgIpc) is 2.40. The fourth-order valence-corrected chi connectivity index (χ4v) is 1.97. The maximum atomic E-state index is 12.1. The first-order chi connectivity index (χ1) is 9.47. The van der Waals surface area contributed by atoms with E-state index in [-0.39, 0.29) is 13.2 Å². The average molecular weight is 299 g/mol. The van der Waals surface area contributed by atoms with Gasteiger partial charge in [0.2, 0.25) is 0 Å². The normalized spacial score (nSPS) is 20.6. The number of aliphatic hydroxyl groups is 1. The van der Waals surface area contributed by atoms with E-state index in [1.54, 1.807) is 18.2 Å². The smallest absolute Gasteiger partial charge is 0.278 e. The predicted octanol–water partition coefficient (Wildman–Crippen LogP) is 0.928. The molecule has 2 rings (SSSR count). The highest BCUT2D eigenvalue weighted by molar-refractivity contribution is 6.31. The molecule has 0 saturated carbocycles. The first kappa shape index (κ1) is 14.6. The SMILES string of the molecule is CC1(C(=O)NCCCO)Oc2ccc(Cl)cc2NC1=O. The molecule has 0 saturated heterocycles. The van der Waals surface area contributed by atoms with Gasteiger partial charge in [0.25, 0.3) is 17.4 Å². The Kier molecular flexibility index (Phi) is 4.15. The van der Waals surface area contributed by atoms with Gasteiger partial charge in [-0.1, -0.05) is 11.6 Å². The van der Waals surface area contributed by atoms with E-state index < -0.39 is 17.4 Å². The van der Waals surface area contributed by atoms with Crippen molar-refractivity contribution in [2.24, 2.45) is 0 Å². The van der Waals surface area contributed by atoms with Crippen molar-refractivity contribution in [1.82, 2.24) is 5.32 Å². The molecule has 0 bridgehead atoms. The van der Waals surface area contributed by atoms with Gasteiger partial charge in [-0.15, -0.1) is 0 Å². The second-order valence-corrected chi connectivity index (χ2v) is 5.00. The number of aliphatic hydroxyl groups excluding tert-OH is 1. The second-order valence-electron chi connectivity index (χ2n) is 4.56. The highest BCUT2D eigenvalue weighted by Crippen LogP contribution is 2.35. The second kappa shape index (κ2) is 5.68. The lowest BCUT2D eigenvalue weighted by Crippen LogP contribution is -2.58. The molecule has 1 aliphatic heterocycles. The number of fused-ring (bicyclic) bond motifs is 1. The molecule has 2 amide bonds. The first-order valence-electron chi connectivity index (χ1n) is 6.16. The van der Waals surface area contributed by atoms with Gasteiger partial charge in [-0.05, 0) is 31.5 Å². The molecule has 1 unspecified atom stereocenters. The Morgan fingerprint density at radius 2 is 2.30 bits per heavy atom. The van der Waals surface area contributed by atoms with E-state index in [9.17, 15) is 9.59 Å². The van der Waals surface area contributed by atoms with Crippen molar-refractivity contribution in [2.75, 3.05) is 18.5 Å². The summed E-state index contributed by atoms with van der Waals surface area (Å²) in [5.74, 6) is -0.730. The number of hydrogen-bond donors (Lipinski definition) is 3. The van der Waals surface area contributed by atoms with Gasteiger partial charge in [-0.25, -0.2) is 0 Å². The third-order valence-electron chi connectivity index (χ3n) is 2.99. The Hall–Kier alpha value is -1.79. The number of anilines is 1. The number of amides is 2. The van der Waals surface area contributed by atoms with Gasteiger partial charge in [0, 0.05) is 18.2 Å². The zero-order chi connectivity index (χ0) is 14.8. The van der Waals surface area contributed by atoms with Crippen molar-refractivity contribution in [2.45, 2.75) is 18.9 Å². The molecule has 0 aliphatic carbocycles. The van der Waals surface area contributed by atoms with E-state index in [0.29, 0.717) is 22.9 Å². The van der Waals surface area contributed by atoms with Gasteiger partial charge in [-0.2, -0.15) is 0 Å². The summed E-state index contributed by atoms with van der Waals surface area (Å²) in [7, 11) is 0. The molecule has 108 valence electrons. The van der Waals surface area contributed by atoms with Crippen molar-refractivity contribution >= 4 is 29.1 Å². The standard InChI is InChI=1S/C13H15ClN2O4/c1-13(11(18)15-5-2-6-17)12(19)16-9-7-8(14)3-4-10(9)20-13/h3-4,7,17H,2,5-6H2,1H3,(H,15,18)(H,16,19). The van der Waals surface area contributed by atoms with Gasteiger partial charge in [-0.3, -0.25) is 9.59 Å². The summed E-state index contributed by atoms with van der Waals surface area (Å²) in [6.07, 6.45) is 0.412. The Balaban J connectivity index is 2.18. The van der Waals surface area contributed by atoms with Crippen LogP contribution < -0.4 is 15.4 Å². The number of carbonyl (C=O) groups is 2. The van der Waals surface area contributed by atoms with Gasteiger partial charge in [0.05, 0.1) is 5.69 Å². The van der Waals surface area contributed by atoms with Crippen LogP contribution in [0.3, 0.4) is 0 Å². The largest absolute Gasteiger partial charge is 0.466 e. The summed E-state index contributed by atoms with van der Waals surface area (Å²) in [6.45, 7) is 1.63. The predicted molar refractivity (Wildman–Crippen MR) is 73.8 cm³/mol. The molecule has 1 atom stereocenters. The third kappa shape index (κ3) is 2.71. The fraction of sp³-hybridized carbons (Fsp3) is 0.385. The molecule has 0 spiro atoms.